The Bertz CT molecular complexity index is 820. The first-order valence-corrected chi connectivity index (χ1v) is 10.5. The summed E-state index contributed by atoms with van der Waals surface area (Å²) in [6, 6.07) is 6.64. The highest BCUT2D eigenvalue weighted by Gasteiger charge is 2.46. The normalized spacial score (nSPS) is 18.1. The molecule has 0 saturated carbocycles. The van der Waals surface area contributed by atoms with Gasteiger partial charge in [0.25, 0.3) is 5.91 Å². The van der Waals surface area contributed by atoms with Gasteiger partial charge in [-0.05, 0) is 30.6 Å². The van der Waals surface area contributed by atoms with Crippen molar-refractivity contribution in [3.63, 3.8) is 0 Å². The molecule has 1 aromatic rings. The van der Waals surface area contributed by atoms with E-state index in [4.69, 9.17) is 4.74 Å². The van der Waals surface area contributed by atoms with Gasteiger partial charge >= 0.3 is 0 Å². The van der Waals surface area contributed by atoms with Crippen LogP contribution in [0.15, 0.2) is 46.6 Å². The quantitative estimate of drug-likeness (QED) is 0.717. The van der Waals surface area contributed by atoms with Gasteiger partial charge in [0.2, 0.25) is 0 Å². The van der Waals surface area contributed by atoms with Crippen molar-refractivity contribution < 1.29 is 19.4 Å². The van der Waals surface area contributed by atoms with E-state index >= 15 is 0 Å². The number of ether oxygens (including phenoxy) is 1. The van der Waals surface area contributed by atoms with E-state index in [1.165, 1.54) is 0 Å². The van der Waals surface area contributed by atoms with E-state index < -0.39 is 23.1 Å². The SMILES string of the molecule is C/C=C(/CCN1C(=O)C(O)=C(C(=O)C(C)(C)C)C1c1ccccc1OC)SC. The number of aliphatic hydroxyl groups is 1. The Labute approximate surface area is 171 Å². The molecular weight excluding hydrogens is 374 g/mol. The van der Waals surface area contributed by atoms with Gasteiger partial charge in [0.1, 0.15) is 5.75 Å². The number of methoxy groups -OCH3 is 1. The molecule has 1 N–H and O–H groups in total. The summed E-state index contributed by atoms with van der Waals surface area (Å²) in [7, 11) is 1.56. The largest absolute Gasteiger partial charge is 0.503 e. The van der Waals surface area contributed by atoms with Crippen molar-refractivity contribution >= 4 is 23.5 Å². The first kappa shape index (κ1) is 22.1. The molecule has 6 heteroatoms. The number of carbonyl (C=O) groups excluding carboxylic acids is 2. The number of hydrogen-bond acceptors (Lipinski definition) is 5. The summed E-state index contributed by atoms with van der Waals surface area (Å²) in [6.45, 7) is 7.71. The number of thioether (sulfide) groups is 1. The summed E-state index contributed by atoms with van der Waals surface area (Å²) in [6.07, 6.45) is 4.65. The molecule has 1 aliphatic heterocycles. The highest BCUT2D eigenvalue weighted by Crippen LogP contribution is 2.44. The molecule has 1 unspecified atom stereocenters. The predicted octanol–water partition coefficient (Wildman–Crippen LogP) is 4.66. The second-order valence-corrected chi connectivity index (χ2v) is 8.63. The van der Waals surface area contributed by atoms with Gasteiger partial charge in [-0.15, -0.1) is 11.8 Å². The lowest BCUT2D eigenvalue weighted by atomic mass is 9.82. The second-order valence-electron chi connectivity index (χ2n) is 7.69. The number of carbonyl (C=O) groups is 2. The number of hydrogen-bond donors (Lipinski definition) is 1. The summed E-state index contributed by atoms with van der Waals surface area (Å²) in [5.41, 5.74) is 0.113. The molecule has 0 fully saturated rings. The number of amides is 1. The van der Waals surface area contributed by atoms with Gasteiger partial charge in [-0.2, -0.15) is 0 Å². The first-order valence-electron chi connectivity index (χ1n) is 9.28. The van der Waals surface area contributed by atoms with Gasteiger partial charge < -0.3 is 14.7 Å². The number of allylic oxidation sites excluding steroid dienone is 1. The predicted molar refractivity (Wildman–Crippen MR) is 113 cm³/mol. The van der Waals surface area contributed by atoms with E-state index in [-0.39, 0.29) is 11.4 Å². The third-order valence-corrected chi connectivity index (χ3v) is 5.81. The number of para-hydroxylation sites is 1. The Kier molecular flexibility index (Phi) is 6.99. The van der Waals surface area contributed by atoms with Crippen LogP contribution in [0, 0.1) is 5.41 Å². The standard InChI is InChI=1S/C22H29NO4S/c1-7-14(28-6)12-13-23-18(15-10-8-9-11-16(15)27-5)17(19(24)21(23)26)20(25)22(2,3)4/h7-11,18,24H,12-13H2,1-6H3/b14-7-. The molecule has 1 atom stereocenters. The molecule has 1 heterocycles. The van der Waals surface area contributed by atoms with Crippen LogP contribution < -0.4 is 4.74 Å². The third kappa shape index (κ3) is 4.27. The van der Waals surface area contributed by atoms with E-state index in [0.717, 1.165) is 4.91 Å². The molecule has 0 bridgehead atoms. The number of nitrogens with zero attached hydrogens (tertiary/aromatic N) is 1. The fraction of sp³-hybridized carbons (Fsp3) is 0.455. The molecular formula is C22H29NO4S. The molecule has 0 spiro atoms. The van der Waals surface area contributed by atoms with Crippen LogP contribution in [0.2, 0.25) is 0 Å². The van der Waals surface area contributed by atoms with Crippen LogP contribution in [0.1, 0.15) is 45.7 Å². The molecule has 1 aromatic carbocycles. The first-order chi connectivity index (χ1) is 13.2. The summed E-state index contributed by atoms with van der Waals surface area (Å²) in [5, 5.41) is 10.6. The van der Waals surface area contributed by atoms with Crippen molar-refractivity contribution in [3.05, 3.63) is 52.1 Å². The Balaban J connectivity index is 2.57. The molecule has 0 aliphatic carbocycles. The van der Waals surface area contributed by atoms with E-state index in [1.807, 2.05) is 37.5 Å². The molecule has 152 valence electrons. The topological polar surface area (TPSA) is 66.8 Å². The number of ketones is 1. The Morgan fingerprint density at radius 3 is 2.50 bits per heavy atom. The van der Waals surface area contributed by atoms with Crippen LogP contribution in [0.4, 0.5) is 0 Å². The van der Waals surface area contributed by atoms with Crippen molar-refractivity contribution in [3.8, 4) is 5.75 Å². The summed E-state index contributed by atoms with van der Waals surface area (Å²) < 4.78 is 5.49. The number of Topliss-reactive ketones (excluding diaryl/α,β-unsaturated/α-hetero) is 1. The highest BCUT2D eigenvalue weighted by atomic mass is 32.2. The Morgan fingerprint density at radius 2 is 1.96 bits per heavy atom. The van der Waals surface area contributed by atoms with E-state index in [1.54, 1.807) is 50.6 Å². The summed E-state index contributed by atoms with van der Waals surface area (Å²) in [5.74, 6) is -0.634. The molecule has 0 aromatic heterocycles. The van der Waals surface area contributed by atoms with Gasteiger partial charge in [0.05, 0.1) is 18.7 Å². The number of rotatable bonds is 7. The maximum absolute atomic E-state index is 13.1. The van der Waals surface area contributed by atoms with Crippen LogP contribution in [-0.2, 0) is 9.59 Å². The lowest BCUT2D eigenvalue weighted by Crippen LogP contribution is -2.34. The van der Waals surface area contributed by atoms with Crippen molar-refractivity contribution in [2.24, 2.45) is 5.41 Å². The monoisotopic (exact) mass is 403 g/mol. The maximum atomic E-state index is 13.1. The third-order valence-electron chi connectivity index (χ3n) is 4.85. The number of aliphatic hydroxyl groups excluding tert-OH is 1. The highest BCUT2D eigenvalue weighted by molar-refractivity contribution is 8.02. The second kappa shape index (κ2) is 8.86. The molecule has 5 nitrogen and oxygen atoms in total. The average Bonchev–Trinajstić information content (AvgIpc) is 2.91. The van der Waals surface area contributed by atoms with Crippen LogP contribution in [-0.4, -0.2) is 41.6 Å². The Morgan fingerprint density at radius 1 is 1.32 bits per heavy atom. The summed E-state index contributed by atoms with van der Waals surface area (Å²) in [4.78, 5) is 28.8. The maximum Gasteiger partial charge on any atom is 0.290 e. The number of benzene rings is 1. The molecule has 1 aliphatic rings. The fourth-order valence-corrected chi connectivity index (χ4v) is 3.86. The zero-order valence-corrected chi connectivity index (χ0v) is 18.2. The summed E-state index contributed by atoms with van der Waals surface area (Å²) >= 11 is 1.63. The zero-order valence-electron chi connectivity index (χ0n) is 17.4. The molecule has 2 rings (SSSR count). The molecule has 1 amide bonds. The fourth-order valence-electron chi connectivity index (χ4n) is 3.33. The van der Waals surface area contributed by atoms with Gasteiger partial charge in [-0.25, -0.2) is 0 Å². The van der Waals surface area contributed by atoms with Crippen molar-refractivity contribution in [1.82, 2.24) is 4.90 Å². The van der Waals surface area contributed by atoms with Gasteiger partial charge in [-0.1, -0.05) is 45.0 Å². The van der Waals surface area contributed by atoms with Crippen LogP contribution in [0.25, 0.3) is 0 Å². The molecule has 28 heavy (non-hydrogen) atoms. The zero-order chi connectivity index (χ0) is 21.1. The van der Waals surface area contributed by atoms with Gasteiger partial charge in [0, 0.05) is 17.5 Å². The van der Waals surface area contributed by atoms with E-state index in [9.17, 15) is 14.7 Å². The van der Waals surface area contributed by atoms with E-state index in [2.05, 4.69) is 0 Å². The minimum Gasteiger partial charge on any atom is -0.503 e. The minimum absolute atomic E-state index is 0.146. The lowest BCUT2D eigenvalue weighted by Gasteiger charge is -2.30. The van der Waals surface area contributed by atoms with Crippen molar-refractivity contribution in [2.45, 2.75) is 40.2 Å². The average molecular weight is 404 g/mol. The van der Waals surface area contributed by atoms with Crippen molar-refractivity contribution in [2.75, 3.05) is 19.9 Å². The van der Waals surface area contributed by atoms with Gasteiger partial charge in [0.15, 0.2) is 11.5 Å². The minimum atomic E-state index is -0.729. The molecule has 0 radical (unpaired) electrons. The van der Waals surface area contributed by atoms with E-state index in [0.29, 0.717) is 24.3 Å². The van der Waals surface area contributed by atoms with Crippen molar-refractivity contribution in [1.29, 1.82) is 0 Å². The van der Waals surface area contributed by atoms with Crippen LogP contribution in [0.3, 0.4) is 0 Å². The smallest absolute Gasteiger partial charge is 0.290 e. The van der Waals surface area contributed by atoms with Crippen LogP contribution in [0.5, 0.6) is 5.75 Å². The van der Waals surface area contributed by atoms with Crippen LogP contribution >= 0.6 is 11.8 Å². The Hall–Kier alpha value is -2.21. The van der Waals surface area contributed by atoms with Gasteiger partial charge in [-0.3, -0.25) is 9.59 Å². The lowest BCUT2D eigenvalue weighted by molar-refractivity contribution is -0.129. The molecule has 0 saturated heterocycles.